The van der Waals surface area contributed by atoms with Crippen LogP contribution in [0.5, 0.6) is 0 Å². The Morgan fingerprint density at radius 2 is 1.91 bits per heavy atom. The highest BCUT2D eigenvalue weighted by molar-refractivity contribution is 9.10. The number of rotatable bonds is 3. The minimum absolute atomic E-state index is 0.00921. The molecule has 0 spiro atoms. The smallest absolute Gasteiger partial charge is 0.326 e. The Bertz CT molecular complexity index is 622. The Morgan fingerprint density at radius 3 is 2.48 bits per heavy atom. The van der Waals surface area contributed by atoms with Crippen LogP contribution in [-0.4, -0.2) is 16.6 Å². The second-order valence-electron chi connectivity index (χ2n) is 7.63. The summed E-state index contributed by atoms with van der Waals surface area (Å²) < 4.78 is 7.45. The minimum Gasteiger partial charge on any atom is -0.461 e. The first kappa shape index (κ1) is 18.2. The van der Waals surface area contributed by atoms with Gasteiger partial charge >= 0.3 is 5.97 Å². The maximum absolute atomic E-state index is 12.1. The van der Waals surface area contributed by atoms with Crippen molar-refractivity contribution >= 4 is 21.9 Å². The molecule has 23 heavy (non-hydrogen) atoms. The van der Waals surface area contributed by atoms with E-state index in [1.54, 1.807) is 12.3 Å². The number of esters is 1. The van der Waals surface area contributed by atoms with Crippen LogP contribution in [0.25, 0.3) is 0 Å². The van der Waals surface area contributed by atoms with Crippen LogP contribution in [0.4, 0.5) is 0 Å². The zero-order valence-corrected chi connectivity index (χ0v) is 16.0. The van der Waals surface area contributed by atoms with Crippen LogP contribution in [0.3, 0.4) is 0 Å². The summed E-state index contributed by atoms with van der Waals surface area (Å²) in [5, 5.41) is 0. The molecule has 4 nitrogen and oxygen atoms in total. The number of pyridine rings is 1. The van der Waals surface area contributed by atoms with E-state index in [1.807, 2.05) is 6.92 Å². The lowest BCUT2D eigenvalue weighted by atomic mass is 9.72. The Morgan fingerprint density at radius 1 is 1.30 bits per heavy atom. The normalized spacial score (nSPS) is 22.0. The third-order valence-corrected chi connectivity index (χ3v) is 5.24. The number of aromatic nitrogens is 1. The molecule has 0 N–H and O–H groups in total. The molecule has 1 heterocycles. The van der Waals surface area contributed by atoms with E-state index in [0.717, 1.165) is 31.2 Å². The van der Waals surface area contributed by atoms with Gasteiger partial charge in [-0.3, -0.25) is 9.59 Å². The van der Waals surface area contributed by atoms with Gasteiger partial charge < -0.3 is 9.30 Å². The van der Waals surface area contributed by atoms with Crippen molar-refractivity contribution in [3.63, 3.8) is 0 Å². The molecule has 1 aromatic rings. The summed E-state index contributed by atoms with van der Waals surface area (Å²) in [7, 11) is 0. The van der Waals surface area contributed by atoms with Gasteiger partial charge in [0.1, 0.15) is 12.6 Å². The molecule has 0 aromatic carbocycles. The Labute approximate surface area is 146 Å². The minimum atomic E-state index is -0.330. The van der Waals surface area contributed by atoms with E-state index in [9.17, 15) is 9.59 Å². The molecule has 1 saturated carbocycles. The summed E-state index contributed by atoms with van der Waals surface area (Å²) in [5.41, 5.74) is 1.04. The molecule has 0 saturated heterocycles. The fourth-order valence-corrected chi connectivity index (χ4v) is 3.86. The number of carbonyl (C=O) groups excluding carboxylic acids is 1. The molecule has 0 radical (unpaired) electrons. The summed E-state index contributed by atoms with van der Waals surface area (Å²) in [5.74, 6) is 0.358. The summed E-state index contributed by atoms with van der Waals surface area (Å²) in [6.07, 6.45) is 5.70. The first-order valence-electron chi connectivity index (χ1n) is 8.23. The van der Waals surface area contributed by atoms with Crippen LogP contribution in [0.2, 0.25) is 0 Å². The van der Waals surface area contributed by atoms with E-state index in [4.69, 9.17) is 4.74 Å². The summed E-state index contributed by atoms with van der Waals surface area (Å²) in [4.78, 5) is 24.1. The third-order valence-electron chi connectivity index (χ3n) is 4.68. The van der Waals surface area contributed by atoms with Gasteiger partial charge in [-0.15, -0.1) is 0 Å². The molecule has 0 unspecified atom stereocenters. The number of hydrogen-bond donors (Lipinski definition) is 0. The lowest BCUT2D eigenvalue weighted by Gasteiger charge is -2.36. The van der Waals surface area contributed by atoms with E-state index < -0.39 is 0 Å². The van der Waals surface area contributed by atoms with Crippen molar-refractivity contribution in [2.75, 3.05) is 0 Å². The number of carbonyl (C=O) groups is 1. The van der Waals surface area contributed by atoms with Gasteiger partial charge in [0.2, 0.25) is 0 Å². The van der Waals surface area contributed by atoms with Crippen molar-refractivity contribution in [3.05, 3.63) is 32.7 Å². The molecule has 0 aliphatic heterocycles. The Kier molecular flexibility index (Phi) is 5.71. The predicted octanol–water partition coefficient (Wildman–Crippen LogP) is 4.07. The van der Waals surface area contributed by atoms with E-state index in [-0.39, 0.29) is 24.2 Å². The zero-order valence-electron chi connectivity index (χ0n) is 14.4. The van der Waals surface area contributed by atoms with Gasteiger partial charge in [-0.1, -0.05) is 20.8 Å². The largest absolute Gasteiger partial charge is 0.461 e. The van der Waals surface area contributed by atoms with Gasteiger partial charge in [0, 0.05) is 6.20 Å². The van der Waals surface area contributed by atoms with Gasteiger partial charge in [-0.25, -0.2) is 0 Å². The molecule has 1 aliphatic rings. The molecule has 0 bridgehead atoms. The van der Waals surface area contributed by atoms with Crippen molar-refractivity contribution in [1.29, 1.82) is 0 Å². The third kappa shape index (κ3) is 4.93. The summed E-state index contributed by atoms with van der Waals surface area (Å²) in [6.45, 7) is 8.67. The molecular weight excluding hydrogens is 358 g/mol. The van der Waals surface area contributed by atoms with E-state index in [1.165, 1.54) is 4.57 Å². The van der Waals surface area contributed by atoms with E-state index >= 15 is 0 Å². The van der Waals surface area contributed by atoms with Crippen LogP contribution in [0.1, 0.15) is 52.0 Å². The van der Waals surface area contributed by atoms with Crippen LogP contribution >= 0.6 is 15.9 Å². The first-order valence-corrected chi connectivity index (χ1v) is 9.02. The molecule has 128 valence electrons. The molecular formula is C18H26BrNO3. The fraction of sp³-hybridized carbons (Fsp3) is 0.667. The van der Waals surface area contributed by atoms with Crippen molar-refractivity contribution < 1.29 is 9.53 Å². The average Bonchev–Trinajstić information content (AvgIpc) is 2.43. The van der Waals surface area contributed by atoms with E-state index in [2.05, 4.69) is 36.7 Å². The number of ether oxygens (including phenoxy) is 1. The maximum Gasteiger partial charge on any atom is 0.326 e. The van der Waals surface area contributed by atoms with Crippen LogP contribution in [-0.2, 0) is 16.1 Å². The van der Waals surface area contributed by atoms with Crippen LogP contribution < -0.4 is 5.56 Å². The fourth-order valence-electron chi connectivity index (χ4n) is 3.27. The molecule has 5 heteroatoms. The SMILES string of the molecule is Cc1cc(Br)c(=O)n(CC(=O)OC2CCC(C(C)(C)C)CC2)c1. The summed E-state index contributed by atoms with van der Waals surface area (Å²) >= 11 is 3.22. The van der Waals surface area contributed by atoms with Gasteiger partial charge in [0.25, 0.3) is 5.56 Å². The van der Waals surface area contributed by atoms with Crippen molar-refractivity contribution in [1.82, 2.24) is 4.57 Å². The van der Waals surface area contributed by atoms with Gasteiger partial charge in [-0.05, 0) is 71.5 Å². The number of hydrogen-bond acceptors (Lipinski definition) is 3. The zero-order chi connectivity index (χ0) is 17.2. The molecule has 2 rings (SSSR count). The Balaban J connectivity index is 1.91. The highest BCUT2D eigenvalue weighted by atomic mass is 79.9. The lowest BCUT2D eigenvalue weighted by molar-refractivity contribution is -0.152. The van der Waals surface area contributed by atoms with Crippen molar-refractivity contribution in [2.45, 2.75) is 66.0 Å². The second-order valence-corrected chi connectivity index (χ2v) is 8.48. The second kappa shape index (κ2) is 7.20. The van der Waals surface area contributed by atoms with Gasteiger partial charge in [-0.2, -0.15) is 0 Å². The van der Waals surface area contributed by atoms with Crippen LogP contribution in [0.15, 0.2) is 21.5 Å². The number of aryl methyl sites for hydroxylation is 1. The van der Waals surface area contributed by atoms with Crippen molar-refractivity contribution in [2.24, 2.45) is 11.3 Å². The molecule has 1 fully saturated rings. The van der Waals surface area contributed by atoms with Crippen LogP contribution in [0, 0.1) is 18.3 Å². The number of halogens is 1. The number of nitrogens with zero attached hydrogens (tertiary/aromatic N) is 1. The standard InChI is InChI=1S/C18H26BrNO3/c1-12-9-15(19)17(22)20(10-12)11-16(21)23-14-7-5-13(6-8-14)18(2,3)4/h9-10,13-14H,5-8,11H2,1-4H3. The monoisotopic (exact) mass is 383 g/mol. The molecule has 1 aliphatic carbocycles. The highest BCUT2D eigenvalue weighted by Crippen LogP contribution is 2.38. The molecule has 1 aromatic heterocycles. The van der Waals surface area contributed by atoms with E-state index in [0.29, 0.717) is 15.8 Å². The maximum atomic E-state index is 12.1. The molecule has 0 amide bonds. The van der Waals surface area contributed by atoms with Gasteiger partial charge in [0.15, 0.2) is 0 Å². The van der Waals surface area contributed by atoms with Gasteiger partial charge in [0.05, 0.1) is 4.47 Å². The summed E-state index contributed by atoms with van der Waals surface area (Å²) in [6, 6.07) is 1.75. The predicted molar refractivity (Wildman–Crippen MR) is 94.4 cm³/mol. The van der Waals surface area contributed by atoms with Crippen molar-refractivity contribution in [3.8, 4) is 0 Å². The lowest BCUT2D eigenvalue weighted by Crippen LogP contribution is -2.32. The highest BCUT2D eigenvalue weighted by Gasteiger charge is 2.31. The average molecular weight is 384 g/mol. The molecule has 0 atom stereocenters. The quantitative estimate of drug-likeness (QED) is 0.739. The Hall–Kier alpha value is -1.10. The first-order chi connectivity index (χ1) is 10.7. The topological polar surface area (TPSA) is 48.3 Å².